The van der Waals surface area contributed by atoms with Crippen LogP contribution in [0.2, 0.25) is 0 Å². The first-order valence-corrected chi connectivity index (χ1v) is 9.47. The predicted molar refractivity (Wildman–Crippen MR) is 103 cm³/mol. The number of hydrogen-bond donors (Lipinski definition) is 2. The molecule has 1 spiro atoms. The molecule has 4 rings (SSSR count). The molecule has 2 aromatic rings. The molecule has 7 heteroatoms. The molecule has 2 amide bonds. The maximum Gasteiger partial charge on any atom is 0.244 e. The van der Waals surface area contributed by atoms with Crippen LogP contribution in [0.5, 0.6) is 0 Å². The Labute approximate surface area is 158 Å². The molecule has 0 radical (unpaired) electrons. The highest BCUT2D eigenvalue weighted by atomic mass is 16.2. The fraction of sp³-hybridized carbons (Fsp3) is 0.450. The highest BCUT2D eigenvalue weighted by Crippen LogP contribution is 2.49. The normalized spacial score (nSPS) is 23.7. The number of likely N-dealkylation sites (tertiary alicyclic amines) is 1. The molecule has 27 heavy (non-hydrogen) atoms. The van der Waals surface area contributed by atoms with Crippen molar-refractivity contribution in [1.82, 2.24) is 14.7 Å². The highest BCUT2D eigenvalue weighted by molar-refractivity contribution is 6.07. The van der Waals surface area contributed by atoms with Crippen LogP contribution in [0.25, 0.3) is 0 Å². The van der Waals surface area contributed by atoms with E-state index in [1.165, 1.54) is 4.68 Å². The van der Waals surface area contributed by atoms with Gasteiger partial charge >= 0.3 is 0 Å². The first-order chi connectivity index (χ1) is 13.0. The number of anilines is 2. The van der Waals surface area contributed by atoms with Gasteiger partial charge in [0.1, 0.15) is 12.4 Å². The standard InChI is InChI=1S/C20H25N5O2/c1-3-6-16-20(14-7-4-5-8-15(14)22-19(20)27)9-10-24(16)18(26)12-25-17(21)11-13(2)23-25/h4-5,7-8,11,16H,3,6,9-10,12,21H2,1-2H3,(H,22,27)/t16-,20-/m0/s1. The third-order valence-electron chi connectivity index (χ3n) is 5.85. The van der Waals surface area contributed by atoms with E-state index in [0.29, 0.717) is 18.8 Å². The summed E-state index contributed by atoms with van der Waals surface area (Å²) in [5.74, 6) is 0.440. The molecule has 7 nitrogen and oxygen atoms in total. The molecular weight excluding hydrogens is 342 g/mol. The number of aromatic nitrogens is 2. The molecule has 0 aliphatic carbocycles. The molecule has 2 aliphatic heterocycles. The van der Waals surface area contributed by atoms with Gasteiger partial charge in [-0.05, 0) is 31.4 Å². The number of carbonyl (C=O) groups excluding carboxylic acids is 2. The van der Waals surface area contributed by atoms with Gasteiger partial charge in [-0.2, -0.15) is 5.10 Å². The molecule has 0 saturated carbocycles. The van der Waals surface area contributed by atoms with E-state index in [9.17, 15) is 9.59 Å². The molecule has 1 aromatic carbocycles. The van der Waals surface area contributed by atoms with E-state index in [1.54, 1.807) is 6.07 Å². The van der Waals surface area contributed by atoms with E-state index < -0.39 is 5.41 Å². The van der Waals surface area contributed by atoms with Gasteiger partial charge in [0.05, 0.1) is 17.2 Å². The van der Waals surface area contributed by atoms with Crippen molar-refractivity contribution >= 4 is 23.3 Å². The molecule has 2 aliphatic rings. The van der Waals surface area contributed by atoms with E-state index in [-0.39, 0.29) is 24.4 Å². The molecule has 1 saturated heterocycles. The number of nitrogens with one attached hydrogen (secondary N) is 1. The second-order valence-electron chi connectivity index (χ2n) is 7.48. The SMILES string of the molecule is CCC[C@@H]1N(C(=O)Cn2nc(C)cc2N)CC[C@@]12C(=O)Nc1ccccc12. The summed E-state index contributed by atoms with van der Waals surface area (Å²) in [6.45, 7) is 4.59. The molecule has 2 atom stereocenters. The molecule has 3 N–H and O–H groups in total. The summed E-state index contributed by atoms with van der Waals surface area (Å²) in [6.07, 6.45) is 2.32. The Morgan fingerprint density at radius 1 is 1.41 bits per heavy atom. The molecule has 0 unspecified atom stereocenters. The minimum atomic E-state index is -0.659. The first-order valence-electron chi connectivity index (χ1n) is 9.47. The van der Waals surface area contributed by atoms with Gasteiger partial charge in [0.2, 0.25) is 11.8 Å². The zero-order valence-corrected chi connectivity index (χ0v) is 15.7. The van der Waals surface area contributed by atoms with E-state index in [0.717, 1.165) is 29.8 Å². The minimum Gasteiger partial charge on any atom is -0.384 e. The van der Waals surface area contributed by atoms with Crippen LogP contribution >= 0.6 is 0 Å². The van der Waals surface area contributed by atoms with Gasteiger partial charge < -0.3 is 16.0 Å². The first kappa shape index (κ1) is 17.6. The van der Waals surface area contributed by atoms with E-state index in [2.05, 4.69) is 17.3 Å². The quantitative estimate of drug-likeness (QED) is 0.865. The zero-order valence-electron chi connectivity index (χ0n) is 15.7. The lowest BCUT2D eigenvalue weighted by Gasteiger charge is -2.34. The summed E-state index contributed by atoms with van der Waals surface area (Å²) in [5, 5.41) is 7.32. The number of nitrogen functional groups attached to an aromatic ring is 1. The van der Waals surface area contributed by atoms with Crippen molar-refractivity contribution in [3.8, 4) is 0 Å². The lowest BCUT2D eigenvalue weighted by atomic mass is 9.73. The number of nitrogens with zero attached hydrogens (tertiary/aromatic N) is 3. The van der Waals surface area contributed by atoms with E-state index >= 15 is 0 Å². The summed E-state index contributed by atoms with van der Waals surface area (Å²) < 4.78 is 1.54. The number of rotatable bonds is 4. The van der Waals surface area contributed by atoms with Crippen molar-refractivity contribution in [2.45, 2.75) is 51.1 Å². The van der Waals surface area contributed by atoms with Crippen molar-refractivity contribution < 1.29 is 9.59 Å². The summed E-state index contributed by atoms with van der Waals surface area (Å²) in [4.78, 5) is 28.0. The summed E-state index contributed by atoms with van der Waals surface area (Å²) in [7, 11) is 0. The minimum absolute atomic E-state index is 0.00639. The number of hydrogen-bond acceptors (Lipinski definition) is 4. The smallest absolute Gasteiger partial charge is 0.244 e. The second kappa shape index (κ2) is 6.40. The summed E-state index contributed by atoms with van der Waals surface area (Å²) in [6, 6.07) is 9.43. The number of benzene rings is 1. The largest absolute Gasteiger partial charge is 0.384 e. The number of aryl methyl sites for hydroxylation is 1. The number of amides is 2. The maximum absolute atomic E-state index is 13.1. The van der Waals surface area contributed by atoms with Crippen molar-refractivity contribution in [2.24, 2.45) is 0 Å². The second-order valence-corrected chi connectivity index (χ2v) is 7.48. The Morgan fingerprint density at radius 3 is 2.89 bits per heavy atom. The molecular formula is C20H25N5O2. The molecule has 0 bridgehead atoms. The van der Waals surface area contributed by atoms with Crippen molar-refractivity contribution in [3.05, 3.63) is 41.6 Å². The van der Waals surface area contributed by atoms with Gasteiger partial charge in [0.15, 0.2) is 0 Å². The van der Waals surface area contributed by atoms with Crippen LogP contribution in [0.15, 0.2) is 30.3 Å². The fourth-order valence-electron chi connectivity index (χ4n) is 4.69. The Hall–Kier alpha value is -2.83. The average molecular weight is 367 g/mol. The number of fused-ring (bicyclic) bond motifs is 2. The van der Waals surface area contributed by atoms with Crippen LogP contribution in [0, 0.1) is 6.92 Å². The van der Waals surface area contributed by atoms with Crippen molar-refractivity contribution in [2.75, 3.05) is 17.6 Å². The van der Waals surface area contributed by atoms with Gasteiger partial charge in [-0.3, -0.25) is 9.59 Å². The molecule has 1 fully saturated rings. The number of para-hydroxylation sites is 1. The lowest BCUT2D eigenvalue weighted by molar-refractivity contribution is -0.134. The Morgan fingerprint density at radius 2 is 2.19 bits per heavy atom. The summed E-state index contributed by atoms with van der Waals surface area (Å²) >= 11 is 0. The van der Waals surface area contributed by atoms with E-state index in [1.807, 2.05) is 36.1 Å². The van der Waals surface area contributed by atoms with Gasteiger partial charge in [-0.25, -0.2) is 4.68 Å². The van der Waals surface area contributed by atoms with E-state index in [4.69, 9.17) is 5.73 Å². The van der Waals surface area contributed by atoms with Crippen LogP contribution in [0.1, 0.15) is 37.4 Å². The summed E-state index contributed by atoms with van der Waals surface area (Å²) in [5.41, 5.74) is 7.95. The third-order valence-corrected chi connectivity index (χ3v) is 5.85. The molecule has 3 heterocycles. The Bertz CT molecular complexity index is 906. The van der Waals surface area contributed by atoms with Gasteiger partial charge in [-0.15, -0.1) is 0 Å². The van der Waals surface area contributed by atoms with Crippen molar-refractivity contribution in [3.63, 3.8) is 0 Å². The van der Waals surface area contributed by atoms with Crippen LogP contribution < -0.4 is 11.1 Å². The average Bonchev–Trinajstić information content (AvgIpc) is 3.25. The van der Waals surface area contributed by atoms with Crippen LogP contribution in [-0.2, 0) is 21.5 Å². The number of nitrogens with two attached hydrogens (primary N) is 1. The lowest BCUT2D eigenvalue weighted by Crippen LogP contribution is -2.49. The number of carbonyl (C=O) groups is 2. The topological polar surface area (TPSA) is 93.2 Å². The molecule has 1 aromatic heterocycles. The van der Waals surface area contributed by atoms with Crippen LogP contribution in [0.3, 0.4) is 0 Å². The van der Waals surface area contributed by atoms with Gasteiger partial charge in [0.25, 0.3) is 0 Å². The molecule has 142 valence electrons. The Kier molecular flexibility index (Phi) is 4.17. The van der Waals surface area contributed by atoms with Gasteiger partial charge in [0, 0.05) is 18.3 Å². The Balaban J connectivity index is 1.67. The van der Waals surface area contributed by atoms with Crippen LogP contribution in [-0.4, -0.2) is 39.1 Å². The maximum atomic E-state index is 13.1. The highest BCUT2D eigenvalue weighted by Gasteiger charge is 2.58. The third kappa shape index (κ3) is 2.60. The fourth-order valence-corrected chi connectivity index (χ4v) is 4.69. The monoisotopic (exact) mass is 367 g/mol. The predicted octanol–water partition coefficient (Wildman–Crippen LogP) is 2.06. The van der Waals surface area contributed by atoms with Crippen LogP contribution in [0.4, 0.5) is 11.5 Å². The zero-order chi connectivity index (χ0) is 19.2. The van der Waals surface area contributed by atoms with Crippen molar-refractivity contribution in [1.29, 1.82) is 0 Å². The van der Waals surface area contributed by atoms with Gasteiger partial charge in [-0.1, -0.05) is 31.5 Å².